The summed E-state index contributed by atoms with van der Waals surface area (Å²) in [5.74, 6) is -0.824. The van der Waals surface area contributed by atoms with E-state index in [-0.39, 0.29) is 5.57 Å². The molecular formula is C25H17Cl2N3O2. The van der Waals surface area contributed by atoms with Gasteiger partial charge in [-0.1, -0.05) is 65.7 Å². The van der Waals surface area contributed by atoms with E-state index in [4.69, 9.17) is 23.2 Å². The Morgan fingerprint density at radius 2 is 1.66 bits per heavy atom. The Kier molecular flexibility index (Phi) is 5.21. The number of carbonyl (C=O) groups is 2. The first kappa shape index (κ1) is 20.4. The number of fused-ring (bicyclic) bond motifs is 1. The lowest BCUT2D eigenvalue weighted by Crippen LogP contribution is -2.35. The SMILES string of the molecule is O=C1NN(c2ccccc2)C(=O)/C1=C\c1cn(Cc2ccc(Cl)cc2Cl)c2ccccc12. The van der Waals surface area contributed by atoms with Gasteiger partial charge in [0.15, 0.2) is 0 Å². The van der Waals surface area contributed by atoms with E-state index in [1.165, 1.54) is 5.01 Å². The predicted molar refractivity (Wildman–Crippen MR) is 128 cm³/mol. The van der Waals surface area contributed by atoms with Gasteiger partial charge in [-0.05, 0) is 42.0 Å². The van der Waals surface area contributed by atoms with Gasteiger partial charge < -0.3 is 4.57 Å². The van der Waals surface area contributed by atoms with Crippen LogP contribution in [-0.2, 0) is 16.1 Å². The molecule has 1 aliphatic heterocycles. The fourth-order valence-electron chi connectivity index (χ4n) is 3.83. The first-order chi connectivity index (χ1) is 15.5. The van der Waals surface area contributed by atoms with Crippen molar-refractivity contribution in [1.82, 2.24) is 9.99 Å². The molecule has 0 saturated carbocycles. The summed E-state index contributed by atoms with van der Waals surface area (Å²) in [7, 11) is 0. The van der Waals surface area contributed by atoms with Crippen LogP contribution in [0.15, 0.2) is 84.6 Å². The summed E-state index contributed by atoms with van der Waals surface area (Å²) in [6.07, 6.45) is 3.57. The van der Waals surface area contributed by atoms with Crippen LogP contribution in [0.2, 0.25) is 10.0 Å². The van der Waals surface area contributed by atoms with Crippen molar-refractivity contribution in [2.45, 2.75) is 6.54 Å². The Morgan fingerprint density at radius 3 is 2.44 bits per heavy atom. The third-order valence-corrected chi connectivity index (χ3v) is 5.97. The molecule has 5 nitrogen and oxygen atoms in total. The number of anilines is 1. The van der Waals surface area contributed by atoms with Crippen LogP contribution in [0.25, 0.3) is 17.0 Å². The number of hydrogen-bond acceptors (Lipinski definition) is 2. The van der Waals surface area contributed by atoms with Gasteiger partial charge in [-0.2, -0.15) is 0 Å². The Hall–Kier alpha value is -3.54. The largest absolute Gasteiger partial charge is 0.342 e. The highest BCUT2D eigenvalue weighted by molar-refractivity contribution is 6.35. The van der Waals surface area contributed by atoms with Crippen molar-refractivity contribution in [2.75, 3.05) is 5.01 Å². The number of hydrogen-bond donors (Lipinski definition) is 1. The molecule has 1 N–H and O–H groups in total. The monoisotopic (exact) mass is 461 g/mol. The van der Waals surface area contributed by atoms with E-state index >= 15 is 0 Å². The molecule has 0 aliphatic carbocycles. The maximum atomic E-state index is 13.0. The van der Waals surface area contributed by atoms with Crippen LogP contribution in [-0.4, -0.2) is 16.4 Å². The average molecular weight is 462 g/mol. The maximum absolute atomic E-state index is 13.0. The molecular weight excluding hydrogens is 445 g/mol. The second kappa shape index (κ2) is 8.19. The summed E-state index contributed by atoms with van der Waals surface area (Å²) in [4.78, 5) is 25.6. The quantitative estimate of drug-likeness (QED) is 0.324. The summed E-state index contributed by atoms with van der Waals surface area (Å²) >= 11 is 12.4. The topological polar surface area (TPSA) is 54.3 Å². The van der Waals surface area contributed by atoms with Gasteiger partial charge >= 0.3 is 0 Å². The first-order valence-corrected chi connectivity index (χ1v) is 10.7. The van der Waals surface area contributed by atoms with Gasteiger partial charge in [0.25, 0.3) is 11.8 Å². The van der Waals surface area contributed by atoms with Gasteiger partial charge in [-0.15, -0.1) is 0 Å². The second-order valence-electron chi connectivity index (χ2n) is 7.44. The highest BCUT2D eigenvalue weighted by atomic mass is 35.5. The van der Waals surface area contributed by atoms with Gasteiger partial charge in [0.2, 0.25) is 0 Å². The minimum Gasteiger partial charge on any atom is -0.342 e. The number of benzene rings is 3. The molecule has 0 unspecified atom stereocenters. The summed E-state index contributed by atoms with van der Waals surface area (Å²) in [6.45, 7) is 0.524. The average Bonchev–Trinajstić information content (AvgIpc) is 3.29. The highest BCUT2D eigenvalue weighted by Crippen LogP contribution is 2.29. The fourth-order valence-corrected chi connectivity index (χ4v) is 4.29. The van der Waals surface area contributed by atoms with Crippen LogP contribution in [0.3, 0.4) is 0 Å². The van der Waals surface area contributed by atoms with Gasteiger partial charge in [0, 0.05) is 39.3 Å². The number of nitrogens with zero attached hydrogens (tertiary/aromatic N) is 2. The summed E-state index contributed by atoms with van der Waals surface area (Å²) < 4.78 is 2.04. The number of carbonyl (C=O) groups excluding carboxylic acids is 2. The zero-order valence-electron chi connectivity index (χ0n) is 16.8. The van der Waals surface area contributed by atoms with Crippen LogP contribution < -0.4 is 10.4 Å². The van der Waals surface area contributed by atoms with Crippen molar-refractivity contribution >= 4 is 57.7 Å². The van der Waals surface area contributed by atoms with Gasteiger partial charge in [0.1, 0.15) is 5.57 Å². The van der Waals surface area contributed by atoms with Gasteiger partial charge in [-0.25, -0.2) is 5.01 Å². The van der Waals surface area contributed by atoms with Gasteiger partial charge in [0.05, 0.1) is 5.69 Å². The zero-order chi connectivity index (χ0) is 22.2. The van der Waals surface area contributed by atoms with Crippen LogP contribution in [0, 0.1) is 0 Å². The van der Waals surface area contributed by atoms with Crippen LogP contribution in [0.1, 0.15) is 11.1 Å². The molecule has 1 aromatic heterocycles. The number of aromatic nitrogens is 1. The summed E-state index contributed by atoms with van der Waals surface area (Å²) in [6, 6.07) is 22.3. The van der Waals surface area contributed by atoms with Crippen molar-refractivity contribution < 1.29 is 9.59 Å². The van der Waals surface area contributed by atoms with Crippen molar-refractivity contribution in [2.24, 2.45) is 0 Å². The van der Waals surface area contributed by atoms with E-state index in [0.29, 0.717) is 22.3 Å². The lowest BCUT2D eigenvalue weighted by molar-refractivity contribution is -0.117. The summed E-state index contributed by atoms with van der Waals surface area (Å²) in [5, 5.41) is 3.36. The predicted octanol–water partition coefficient (Wildman–Crippen LogP) is 5.46. The Morgan fingerprint density at radius 1 is 0.906 bits per heavy atom. The molecule has 1 saturated heterocycles. The highest BCUT2D eigenvalue weighted by Gasteiger charge is 2.34. The number of hydrazine groups is 1. The molecule has 0 bridgehead atoms. The number of nitrogens with one attached hydrogen (secondary N) is 1. The Bertz CT molecular complexity index is 1390. The first-order valence-electron chi connectivity index (χ1n) is 9.95. The molecule has 0 radical (unpaired) electrons. The van der Waals surface area contributed by atoms with E-state index in [1.54, 1.807) is 30.3 Å². The second-order valence-corrected chi connectivity index (χ2v) is 8.28. The molecule has 2 heterocycles. The summed E-state index contributed by atoms with van der Waals surface area (Å²) in [5.41, 5.74) is 5.99. The molecule has 0 spiro atoms. The minimum absolute atomic E-state index is 0.0845. The third kappa shape index (κ3) is 3.66. The van der Waals surface area contributed by atoms with E-state index in [2.05, 4.69) is 5.43 Å². The van der Waals surface area contributed by atoms with E-state index in [0.717, 1.165) is 22.0 Å². The molecule has 3 aromatic carbocycles. The minimum atomic E-state index is -0.434. The Labute approximate surface area is 194 Å². The van der Waals surface area contributed by atoms with Crippen molar-refractivity contribution in [3.63, 3.8) is 0 Å². The normalized spacial score (nSPS) is 15.1. The molecule has 158 valence electrons. The van der Waals surface area contributed by atoms with Crippen molar-refractivity contribution in [1.29, 1.82) is 0 Å². The van der Waals surface area contributed by atoms with E-state index in [9.17, 15) is 9.59 Å². The molecule has 7 heteroatoms. The third-order valence-electron chi connectivity index (χ3n) is 5.38. The molecule has 1 aliphatic rings. The molecule has 32 heavy (non-hydrogen) atoms. The van der Waals surface area contributed by atoms with Crippen LogP contribution in [0.5, 0.6) is 0 Å². The zero-order valence-corrected chi connectivity index (χ0v) is 18.3. The number of amides is 2. The van der Waals surface area contributed by atoms with E-state index < -0.39 is 11.8 Å². The fraction of sp³-hybridized carbons (Fsp3) is 0.0400. The lowest BCUT2D eigenvalue weighted by atomic mass is 10.1. The molecule has 5 rings (SSSR count). The smallest absolute Gasteiger partial charge is 0.282 e. The molecule has 4 aromatic rings. The number of para-hydroxylation sites is 2. The lowest BCUT2D eigenvalue weighted by Gasteiger charge is -2.13. The maximum Gasteiger partial charge on any atom is 0.282 e. The van der Waals surface area contributed by atoms with Gasteiger partial charge in [-0.3, -0.25) is 15.0 Å². The standard InChI is InChI=1S/C25H17Cl2N3O2/c26-18-11-10-16(22(27)13-18)14-29-15-17(20-8-4-5-9-23(20)29)12-21-24(31)28-30(25(21)32)19-6-2-1-3-7-19/h1-13,15H,14H2,(H,28,31)/b21-12-. The molecule has 2 amide bonds. The van der Waals surface area contributed by atoms with Crippen LogP contribution in [0.4, 0.5) is 5.69 Å². The Balaban J connectivity index is 1.54. The van der Waals surface area contributed by atoms with Crippen molar-refractivity contribution in [3.05, 3.63) is 106 Å². The molecule has 0 atom stereocenters. The van der Waals surface area contributed by atoms with Crippen LogP contribution >= 0.6 is 23.2 Å². The van der Waals surface area contributed by atoms with E-state index in [1.807, 2.05) is 59.3 Å². The number of halogens is 2. The van der Waals surface area contributed by atoms with Crippen molar-refractivity contribution in [3.8, 4) is 0 Å². The molecule has 1 fully saturated rings. The number of rotatable bonds is 4.